The largest absolute Gasteiger partial charge is 0.325 e. The number of anilines is 1. The minimum atomic E-state index is -0.0949. The zero-order valence-electron chi connectivity index (χ0n) is 17.0. The standard InChI is InChI=1S/C22H25N3O2S2/c1-4-25-21(27)19-16-7-5-6-8-17(16)29-20(19)24-22(25)28-12-18(26)23-15-10-13(2)9-14(3)11-15/h9-11H,4-8,12H2,1-3H3,(H,23,26). The first kappa shape index (κ1) is 20.2. The highest BCUT2D eigenvalue weighted by atomic mass is 32.2. The van der Waals surface area contributed by atoms with E-state index in [4.69, 9.17) is 4.98 Å². The molecule has 2 aromatic heterocycles. The summed E-state index contributed by atoms with van der Waals surface area (Å²) in [5.74, 6) is 0.123. The van der Waals surface area contributed by atoms with Gasteiger partial charge in [0.2, 0.25) is 5.91 Å². The van der Waals surface area contributed by atoms with Crippen LogP contribution in [0.15, 0.2) is 28.2 Å². The first-order valence-electron chi connectivity index (χ1n) is 10.0. The summed E-state index contributed by atoms with van der Waals surface area (Å²) < 4.78 is 1.71. The molecule has 1 aliphatic carbocycles. The van der Waals surface area contributed by atoms with E-state index in [0.717, 1.165) is 46.3 Å². The van der Waals surface area contributed by atoms with Crippen LogP contribution in [0.1, 0.15) is 41.3 Å². The minimum Gasteiger partial charge on any atom is -0.325 e. The number of carbonyl (C=O) groups excluding carboxylic acids is 1. The highest BCUT2D eigenvalue weighted by molar-refractivity contribution is 7.99. The van der Waals surface area contributed by atoms with Gasteiger partial charge in [0.25, 0.3) is 5.56 Å². The average molecular weight is 428 g/mol. The molecule has 3 aromatic rings. The van der Waals surface area contributed by atoms with Gasteiger partial charge in [0.15, 0.2) is 5.16 Å². The van der Waals surface area contributed by atoms with Crippen molar-refractivity contribution in [3.63, 3.8) is 0 Å². The second kappa shape index (κ2) is 8.32. The summed E-state index contributed by atoms with van der Waals surface area (Å²) in [5, 5.41) is 4.38. The average Bonchev–Trinajstić information content (AvgIpc) is 3.04. The van der Waals surface area contributed by atoms with Gasteiger partial charge in [0.1, 0.15) is 4.83 Å². The number of aromatic nitrogens is 2. The zero-order valence-corrected chi connectivity index (χ0v) is 18.6. The number of carbonyl (C=O) groups is 1. The molecule has 0 saturated heterocycles. The van der Waals surface area contributed by atoms with E-state index in [0.29, 0.717) is 11.7 Å². The maximum Gasteiger partial charge on any atom is 0.263 e. The van der Waals surface area contributed by atoms with Crippen molar-refractivity contribution in [3.8, 4) is 0 Å². The summed E-state index contributed by atoms with van der Waals surface area (Å²) in [5.41, 5.74) is 4.27. The molecule has 0 atom stereocenters. The number of thiophene rings is 1. The molecular weight excluding hydrogens is 402 g/mol. The van der Waals surface area contributed by atoms with Gasteiger partial charge in [-0.2, -0.15) is 0 Å². The summed E-state index contributed by atoms with van der Waals surface area (Å²) in [6.45, 7) is 6.52. The van der Waals surface area contributed by atoms with Crippen molar-refractivity contribution >= 4 is 44.9 Å². The van der Waals surface area contributed by atoms with Crippen molar-refractivity contribution in [2.24, 2.45) is 0 Å². The van der Waals surface area contributed by atoms with E-state index >= 15 is 0 Å². The lowest BCUT2D eigenvalue weighted by atomic mass is 9.97. The number of nitrogens with one attached hydrogen (secondary N) is 1. The number of hydrogen-bond donors (Lipinski definition) is 1. The van der Waals surface area contributed by atoms with Crippen LogP contribution in [0.25, 0.3) is 10.2 Å². The fourth-order valence-corrected chi connectivity index (χ4v) is 6.15. The number of hydrogen-bond acceptors (Lipinski definition) is 5. The lowest BCUT2D eigenvalue weighted by Crippen LogP contribution is -2.24. The molecule has 0 bridgehead atoms. The van der Waals surface area contributed by atoms with Crippen molar-refractivity contribution in [2.45, 2.75) is 58.2 Å². The van der Waals surface area contributed by atoms with Crippen molar-refractivity contribution < 1.29 is 4.79 Å². The number of thioether (sulfide) groups is 1. The number of nitrogens with zero attached hydrogens (tertiary/aromatic N) is 2. The molecule has 2 heterocycles. The van der Waals surface area contributed by atoms with Crippen LogP contribution in [0.3, 0.4) is 0 Å². The van der Waals surface area contributed by atoms with Gasteiger partial charge >= 0.3 is 0 Å². The van der Waals surface area contributed by atoms with E-state index in [1.165, 1.54) is 28.6 Å². The Kier molecular flexibility index (Phi) is 5.79. The van der Waals surface area contributed by atoms with Crippen LogP contribution < -0.4 is 10.9 Å². The molecule has 1 amide bonds. The normalized spacial score (nSPS) is 13.5. The molecule has 0 saturated carbocycles. The molecule has 1 aromatic carbocycles. The summed E-state index contributed by atoms with van der Waals surface area (Å²) in [7, 11) is 0. The fraction of sp³-hybridized carbons (Fsp3) is 0.409. The van der Waals surface area contributed by atoms with E-state index < -0.39 is 0 Å². The van der Waals surface area contributed by atoms with Crippen molar-refractivity contribution in [1.82, 2.24) is 9.55 Å². The molecule has 29 heavy (non-hydrogen) atoms. The second-order valence-electron chi connectivity index (χ2n) is 7.55. The van der Waals surface area contributed by atoms with Crippen LogP contribution in [0, 0.1) is 13.8 Å². The van der Waals surface area contributed by atoms with Gasteiger partial charge in [-0.1, -0.05) is 17.8 Å². The zero-order chi connectivity index (χ0) is 20.5. The summed E-state index contributed by atoms with van der Waals surface area (Å²) in [6, 6.07) is 5.99. The Hall–Kier alpha value is -2.12. The molecule has 1 N–H and O–H groups in total. The Morgan fingerprint density at radius 3 is 2.66 bits per heavy atom. The van der Waals surface area contributed by atoms with Gasteiger partial charge in [-0.05, 0) is 75.3 Å². The van der Waals surface area contributed by atoms with Crippen LogP contribution in [-0.2, 0) is 24.2 Å². The third kappa shape index (κ3) is 4.12. The van der Waals surface area contributed by atoms with E-state index in [1.807, 2.05) is 32.9 Å². The Morgan fingerprint density at radius 1 is 1.21 bits per heavy atom. The summed E-state index contributed by atoms with van der Waals surface area (Å²) in [4.78, 5) is 32.5. The molecule has 7 heteroatoms. The summed E-state index contributed by atoms with van der Waals surface area (Å²) >= 11 is 2.98. The molecule has 1 aliphatic rings. The molecule has 5 nitrogen and oxygen atoms in total. The number of benzene rings is 1. The van der Waals surface area contributed by atoms with Gasteiger partial charge in [-0.25, -0.2) is 4.98 Å². The number of amides is 1. The van der Waals surface area contributed by atoms with Gasteiger partial charge in [-0.15, -0.1) is 11.3 Å². The number of rotatable bonds is 5. The van der Waals surface area contributed by atoms with Crippen LogP contribution in [-0.4, -0.2) is 21.2 Å². The van der Waals surface area contributed by atoms with Gasteiger partial charge in [0.05, 0.1) is 11.1 Å². The van der Waals surface area contributed by atoms with Gasteiger partial charge in [0, 0.05) is 17.1 Å². The maximum absolute atomic E-state index is 13.1. The topological polar surface area (TPSA) is 64.0 Å². The third-order valence-corrected chi connectivity index (χ3v) is 7.36. The number of fused-ring (bicyclic) bond motifs is 3. The van der Waals surface area contributed by atoms with Crippen LogP contribution in [0.4, 0.5) is 5.69 Å². The van der Waals surface area contributed by atoms with Crippen molar-refractivity contribution in [2.75, 3.05) is 11.1 Å². The Balaban J connectivity index is 1.57. The highest BCUT2D eigenvalue weighted by Gasteiger charge is 2.22. The molecule has 0 aliphatic heterocycles. The van der Waals surface area contributed by atoms with Crippen LogP contribution in [0.5, 0.6) is 0 Å². The third-order valence-electron chi connectivity index (χ3n) is 5.19. The maximum atomic E-state index is 13.1. The molecule has 152 valence electrons. The predicted octanol–water partition coefficient (Wildman–Crippen LogP) is 4.70. The SMILES string of the molecule is CCn1c(SCC(=O)Nc2cc(C)cc(C)c2)nc2sc3c(c2c1=O)CCCC3. The highest BCUT2D eigenvalue weighted by Crippen LogP contribution is 2.34. The monoisotopic (exact) mass is 427 g/mol. The molecular formula is C22H25N3O2S2. The lowest BCUT2D eigenvalue weighted by Gasteiger charge is -2.12. The van der Waals surface area contributed by atoms with E-state index in [9.17, 15) is 9.59 Å². The predicted molar refractivity (Wildman–Crippen MR) is 121 cm³/mol. The fourth-order valence-electron chi connectivity index (χ4n) is 3.98. The quantitative estimate of drug-likeness (QED) is 0.473. The molecule has 0 radical (unpaired) electrons. The van der Waals surface area contributed by atoms with Crippen LogP contribution in [0.2, 0.25) is 0 Å². The van der Waals surface area contributed by atoms with Crippen molar-refractivity contribution in [1.29, 1.82) is 0 Å². The van der Waals surface area contributed by atoms with Gasteiger partial charge in [-0.3, -0.25) is 14.2 Å². The molecule has 0 unspecified atom stereocenters. The van der Waals surface area contributed by atoms with E-state index in [1.54, 1.807) is 15.9 Å². The minimum absolute atomic E-state index is 0.0362. The Labute approximate surface area is 178 Å². The summed E-state index contributed by atoms with van der Waals surface area (Å²) in [6.07, 6.45) is 4.34. The molecule has 4 rings (SSSR count). The van der Waals surface area contributed by atoms with Gasteiger partial charge < -0.3 is 5.32 Å². The van der Waals surface area contributed by atoms with E-state index in [2.05, 4.69) is 11.4 Å². The van der Waals surface area contributed by atoms with E-state index in [-0.39, 0.29) is 17.2 Å². The smallest absolute Gasteiger partial charge is 0.263 e. The Bertz CT molecular complexity index is 1130. The van der Waals surface area contributed by atoms with Crippen molar-refractivity contribution in [3.05, 3.63) is 50.1 Å². The first-order valence-corrected chi connectivity index (χ1v) is 11.8. The Morgan fingerprint density at radius 2 is 1.93 bits per heavy atom. The lowest BCUT2D eigenvalue weighted by molar-refractivity contribution is -0.113. The first-order chi connectivity index (χ1) is 14.0. The molecule has 0 fully saturated rings. The second-order valence-corrected chi connectivity index (χ2v) is 9.57. The molecule has 0 spiro atoms. The number of aryl methyl sites for hydroxylation is 4. The van der Waals surface area contributed by atoms with Crippen LogP contribution >= 0.6 is 23.1 Å².